The minimum Gasteiger partial charge on any atom is -0.462 e. The second kappa shape index (κ2) is 48.3. The zero-order chi connectivity index (χ0) is 43.0. The Morgan fingerprint density at radius 2 is 0.627 bits per heavy atom. The van der Waals surface area contributed by atoms with Gasteiger partial charge in [0, 0.05) is 19.3 Å². The number of hydrogen-bond donors (Lipinski definition) is 0. The summed E-state index contributed by atoms with van der Waals surface area (Å²) in [5.41, 5.74) is 0. The fourth-order valence-electron chi connectivity index (χ4n) is 7.24. The smallest absolute Gasteiger partial charge is 0.306 e. The summed E-state index contributed by atoms with van der Waals surface area (Å²) in [6, 6.07) is 0. The van der Waals surface area contributed by atoms with E-state index in [0.29, 0.717) is 19.3 Å². The molecular formula is C53H96O6. The van der Waals surface area contributed by atoms with Crippen LogP contribution in [-0.2, 0) is 28.6 Å². The summed E-state index contributed by atoms with van der Waals surface area (Å²) < 4.78 is 16.7. The molecule has 0 saturated carbocycles. The minimum absolute atomic E-state index is 0.0824. The summed E-state index contributed by atoms with van der Waals surface area (Å²) in [5, 5.41) is 0. The van der Waals surface area contributed by atoms with E-state index in [9.17, 15) is 14.4 Å². The first-order chi connectivity index (χ1) is 29.0. The molecule has 1 atom stereocenters. The lowest BCUT2D eigenvalue weighted by molar-refractivity contribution is -0.167. The van der Waals surface area contributed by atoms with E-state index in [1.807, 2.05) is 0 Å². The summed E-state index contributed by atoms with van der Waals surface area (Å²) in [4.78, 5) is 37.8. The molecule has 0 aliphatic rings. The van der Waals surface area contributed by atoms with E-state index in [2.05, 4.69) is 57.2 Å². The Balaban J connectivity index is 4.34. The monoisotopic (exact) mass is 829 g/mol. The predicted molar refractivity (Wildman–Crippen MR) is 252 cm³/mol. The fourth-order valence-corrected chi connectivity index (χ4v) is 7.24. The van der Waals surface area contributed by atoms with E-state index in [-0.39, 0.29) is 31.1 Å². The topological polar surface area (TPSA) is 78.9 Å². The Bertz CT molecular complexity index is 1000. The standard InChI is InChI=1S/C53H96O6/c1-4-7-10-13-16-19-22-24-25-26-27-28-29-32-34-37-40-43-46-52(55)58-49-50(48-57-51(54)45-42-39-36-33-30-21-18-15-12-9-6-3)59-53(56)47-44-41-38-35-31-23-20-17-14-11-8-5-2/h15,18,21,27-28,30,50H,4-14,16-17,19-20,22-26,29,31-49H2,1-3H3/b18-15-,28-27-,30-21-. The summed E-state index contributed by atoms with van der Waals surface area (Å²) in [6.45, 7) is 6.57. The van der Waals surface area contributed by atoms with Gasteiger partial charge in [0.1, 0.15) is 13.2 Å². The third kappa shape index (κ3) is 46.5. The first kappa shape index (κ1) is 56.6. The van der Waals surface area contributed by atoms with Gasteiger partial charge in [0.2, 0.25) is 0 Å². The van der Waals surface area contributed by atoms with Crippen LogP contribution in [0.3, 0.4) is 0 Å². The second-order valence-electron chi connectivity index (χ2n) is 17.1. The molecule has 6 nitrogen and oxygen atoms in total. The van der Waals surface area contributed by atoms with Crippen molar-refractivity contribution in [2.24, 2.45) is 0 Å². The molecule has 0 amide bonds. The van der Waals surface area contributed by atoms with Gasteiger partial charge in [0.05, 0.1) is 0 Å². The van der Waals surface area contributed by atoms with Gasteiger partial charge in [-0.25, -0.2) is 0 Å². The highest BCUT2D eigenvalue weighted by atomic mass is 16.6. The lowest BCUT2D eigenvalue weighted by Crippen LogP contribution is -2.30. The zero-order valence-electron chi connectivity index (χ0n) is 39.3. The van der Waals surface area contributed by atoms with Crippen LogP contribution < -0.4 is 0 Å². The Morgan fingerprint density at radius 1 is 0.339 bits per heavy atom. The van der Waals surface area contributed by atoms with Crippen LogP contribution in [0.25, 0.3) is 0 Å². The quantitative estimate of drug-likeness (QED) is 0.0200. The largest absolute Gasteiger partial charge is 0.462 e. The van der Waals surface area contributed by atoms with Crippen LogP contribution in [0.1, 0.15) is 265 Å². The second-order valence-corrected chi connectivity index (χ2v) is 17.1. The first-order valence-corrected chi connectivity index (χ1v) is 25.5. The fraction of sp³-hybridized carbons (Fsp3) is 0.830. The molecule has 0 rings (SSSR count). The van der Waals surface area contributed by atoms with Gasteiger partial charge in [-0.1, -0.05) is 218 Å². The number of carbonyl (C=O) groups is 3. The SMILES string of the molecule is CCCC/C=C\C=C/CCCCCC(=O)OCC(COC(=O)CCCCCCC/C=C\CCCCCCCCCCC)OC(=O)CCCCCCCCCCCCCC. The number of allylic oxidation sites excluding steroid dienone is 6. The van der Waals surface area contributed by atoms with E-state index in [4.69, 9.17) is 14.2 Å². The van der Waals surface area contributed by atoms with E-state index >= 15 is 0 Å². The van der Waals surface area contributed by atoms with Crippen LogP contribution in [-0.4, -0.2) is 37.2 Å². The molecule has 0 saturated heterocycles. The molecule has 0 heterocycles. The van der Waals surface area contributed by atoms with Crippen LogP contribution in [0.2, 0.25) is 0 Å². The molecule has 1 unspecified atom stereocenters. The normalized spacial score (nSPS) is 12.3. The number of ether oxygens (including phenoxy) is 3. The lowest BCUT2D eigenvalue weighted by Gasteiger charge is -2.18. The number of unbranched alkanes of at least 4 members (excludes halogenated alkanes) is 30. The summed E-state index contributed by atoms with van der Waals surface area (Å²) in [6.07, 6.45) is 55.6. The van der Waals surface area contributed by atoms with Gasteiger partial charge < -0.3 is 14.2 Å². The van der Waals surface area contributed by atoms with Gasteiger partial charge in [0.25, 0.3) is 0 Å². The van der Waals surface area contributed by atoms with Crippen LogP contribution in [0.4, 0.5) is 0 Å². The van der Waals surface area contributed by atoms with Crippen molar-refractivity contribution < 1.29 is 28.6 Å². The maximum Gasteiger partial charge on any atom is 0.306 e. The first-order valence-electron chi connectivity index (χ1n) is 25.5. The molecule has 0 radical (unpaired) electrons. The molecule has 0 aromatic carbocycles. The van der Waals surface area contributed by atoms with Gasteiger partial charge in [-0.05, 0) is 64.2 Å². The predicted octanol–water partition coefficient (Wildman–Crippen LogP) is 16.5. The van der Waals surface area contributed by atoms with E-state index in [1.165, 1.54) is 148 Å². The third-order valence-corrected chi connectivity index (χ3v) is 11.1. The Hall–Kier alpha value is -2.37. The van der Waals surface area contributed by atoms with Crippen LogP contribution in [0, 0.1) is 0 Å². The summed E-state index contributed by atoms with van der Waals surface area (Å²) in [7, 11) is 0. The number of hydrogen-bond acceptors (Lipinski definition) is 6. The molecule has 6 heteroatoms. The van der Waals surface area contributed by atoms with Crippen molar-refractivity contribution in [2.75, 3.05) is 13.2 Å². The van der Waals surface area contributed by atoms with Crippen molar-refractivity contribution in [3.05, 3.63) is 36.5 Å². The van der Waals surface area contributed by atoms with Gasteiger partial charge in [0.15, 0.2) is 6.10 Å². The van der Waals surface area contributed by atoms with Crippen molar-refractivity contribution in [2.45, 2.75) is 271 Å². The van der Waals surface area contributed by atoms with Crippen molar-refractivity contribution in [1.29, 1.82) is 0 Å². The third-order valence-electron chi connectivity index (χ3n) is 11.1. The molecule has 59 heavy (non-hydrogen) atoms. The van der Waals surface area contributed by atoms with E-state index in [1.54, 1.807) is 0 Å². The Labute approximate surface area is 365 Å². The van der Waals surface area contributed by atoms with Gasteiger partial charge >= 0.3 is 17.9 Å². The zero-order valence-corrected chi connectivity index (χ0v) is 39.3. The van der Waals surface area contributed by atoms with Crippen LogP contribution in [0.5, 0.6) is 0 Å². The maximum atomic E-state index is 12.7. The molecule has 0 fully saturated rings. The molecule has 0 aromatic rings. The molecule has 0 aromatic heterocycles. The van der Waals surface area contributed by atoms with Crippen LogP contribution in [0.15, 0.2) is 36.5 Å². The summed E-state index contributed by atoms with van der Waals surface area (Å²) in [5.74, 6) is -0.911. The molecule has 0 aliphatic carbocycles. The highest BCUT2D eigenvalue weighted by Gasteiger charge is 2.19. The van der Waals surface area contributed by atoms with Crippen molar-refractivity contribution in [3.8, 4) is 0 Å². The molecule has 344 valence electrons. The Morgan fingerprint density at radius 3 is 1.02 bits per heavy atom. The van der Waals surface area contributed by atoms with Gasteiger partial charge in [-0.15, -0.1) is 0 Å². The number of esters is 3. The molecule has 0 spiro atoms. The summed E-state index contributed by atoms with van der Waals surface area (Å²) >= 11 is 0. The van der Waals surface area contributed by atoms with Gasteiger partial charge in [-0.3, -0.25) is 14.4 Å². The minimum atomic E-state index is -0.781. The molecule has 0 aliphatic heterocycles. The van der Waals surface area contributed by atoms with Crippen LogP contribution >= 0.6 is 0 Å². The highest BCUT2D eigenvalue weighted by Crippen LogP contribution is 2.15. The highest BCUT2D eigenvalue weighted by molar-refractivity contribution is 5.71. The Kier molecular flexibility index (Phi) is 46.4. The van der Waals surface area contributed by atoms with E-state index < -0.39 is 6.10 Å². The molecular weight excluding hydrogens is 733 g/mol. The average molecular weight is 829 g/mol. The lowest BCUT2D eigenvalue weighted by atomic mass is 10.0. The van der Waals surface area contributed by atoms with Crippen molar-refractivity contribution in [3.63, 3.8) is 0 Å². The maximum absolute atomic E-state index is 12.7. The number of carbonyl (C=O) groups excluding carboxylic acids is 3. The molecule has 0 N–H and O–H groups in total. The number of rotatable bonds is 46. The van der Waals surface area contributed by atoms with E-state index in [0.717, 1.165) is 77.0 Å². The van der Waals surface area contributed by atoms with Crippen molar-refractivity contribution in [1.82, 2.24) is 0 Å². The van der Waals surface area contributed by atoms with Gasteiger partial charge in [-0.2, -0.15) is 0 Å². The average Bonchev–Trinajstić information content (AvgIpc) is 3.23. The molecule has 0 bridgehead atoms. The van der Waals surface area contributed by atoms with Crippen molar-refractivity contribution >= 4 is 17.9 Å².